The molecule has 0 fully saturated rings. The van der Waals surface area contributed by atoms with Gasteiger partial charge in [0.25, 0.3) is 5.91 Å². The van der Waals surface area contributed by atoms with E-state index in [4.69, 9.17) is 0 Å². The Kier molecular flexibility index (Phi) is 5.52. The zero-order chi connectivity index (χ0) is 20.1. The molecule has 0 unspecified atom stereocenters. The molecule has 1 aliphatic rings. The molecule has 0 aliphatic carbocycles. The molecule has 0 saturated heterocycles. The van der Waals surface area contributed by atoms with Crippen LogP contribution in [0.3, 0.4) is 0 Å². The first-order valence-electron chi connectivity index (χ1n) is 9.64. The van der Waals surface area contributed by atoms with Crippen molar-refractivity contribution in [3.8, 4) is 0 Å². The van der Waals surface area contributed by atoms with Crippen molar-refractivity contribution in [2.75, 3.05) is 16.8 Å². The highest BCUT2D eigenvalue weighted by molar-refractivity contribution is 6.07. The van der Waals surface area contributed by atoms with Gasteiger partial charge in [-0.1, -0.05) is 36.4 Å². The third-order valence-electron chi connectivity index (χ3n) is 4.91. The van der Waals surface area contributed by atoms with Gasteiger partial charge in [-0.15, -0.1) is 0 Å². The van der Waals surface area contributed by atoms with E-state index in [1.54, 1.807) is 29.4 Å². The molecule has 2 N–H and O–H groups in total. The standard InChI is InChI=1S/C23H22N4O2/c28-22(19-8-4-12-24-16-19)27-13-5-9-18-10-11-20(14-21(18)27)26-23(29)25-15-17-6-2-1-3-7-17/h1-4,6-8,10-12,14,16H,5,9,13,15H2,(H2,25,26,29). The fraction of sp³-hybridized carbons (Fsp3) is 0.174. The van der Waals surface area contributed by atoms with E-state index in [0.717, 1.165) is 29.7 Å². The predicted molar refractivity (Wildman–Crippen MR) is 113 cm³/mol. The lowest BCUT2D eigenvalue weighted by Crippen LogP contribution is -2.35. The number of aryl methyl sites for hydroxylation is 1. The van der Waals surface area contributed by atoms with Crippen LogP contribution in [0.25, 0.3) is 0 Å². The lowest BCUT2D eigenvalue weighted by Gasteiger charge is -2.30. The summed E-state index contributed by atoms with van der Waals surface area (Å²) in [6, 6.07) is 18.7. The Balaban J connectivity index is 1.48. The lowest BCUT2D eigenvalue weighted by atomic mass is 10.0. The van der Waals surface area contributed by atoms with Crippen molar-refractivity contribution in [1.82, 2.24) is 10.3 Å². The summed E-state index contributed by atoms with van der Waals surface area (Å²) >= 11 is 0. The largest absolute Gasteiger partial charge is 0.334 e. The number of fused-ring (bicyclic) bond motifs is 1. The number of nitrogens with one attached hydrogen (secondary N) is 2. The molecule has 4 rings (SSSR count). The average molecular weight is 386 g/mol. The second kappa shape index (κ2) is 8.56. The van der Waals surface area contributed by atoms with Crippen LogP contribution in [-0.2, 0) is 13.0 Å². The number of pyridine rings is 1. The summed E-state index contributed by atoms with van der Waals surface area (Å²) in [5.74, 6) is -0.0790. The maximum atomic E-state index is 12.9. The number of amides is 3. The van der Waals surface area contributed by atoms with Crippen molar-refractivity contribution in [2.45, 2.75) is 19.4 Å². The summed E-state index contributed by atoms with van der Waals surface area (Å²) in [6.45, 7) is 1.09. The molecule has 2 aromatic carbocycles. The molecule has 29 heavy (non-hydrogen) atoms. The topological polar surface area (TPSA) is 74.3 Å². The van der Waals surface area contributed by atoms with E-state index in [1.165, 1.54) is 0 Å². The van der Waals surface area contributed by atoms with Gasteiger partial charge in [-0.05, 0) is 48.2 Å². The zero-order valence-corrected chi connectivity index (χ0v) is 16.0. The molecule has 0 bridgehead atoms. The Morgan fingerprint density at radius 1 is 1.03 bits per heavy atom. The molecule has 0 saturated carbocycles. The van der Waals surface area contributed by atoms with E-state index in [9.17, 15) is 9.59 Å². The van der Waals surface area contributed by atoms with Crippen molar-refractivity contribution < 1.29 is 9.59 Å². The van der Waals surface area contributed by atoms with Gasteiger partial charge in [-0.3, -0.25) is 9.78 Å². The van der Waals surface area contributed by atoms with E-state index in [1.807, 2.05) is 48.5 Å². The number of aromatic nitrogens is 1. The second-order valence-corrected chi connectivity index (χ2v) is 6.94. The Labute approximate surface area is 169 Å². The van der Waals surface area contributed by atoms with Crippen LogP contribution in [0.1, 0.15) is 27.9 Å². The normalized spacial score (nSPS) is 12.8. The van der Waals surface area contributed by atoms with Gasteiger partial charge in [-0.2, -0.15) is 0 Å². The fourth-order valence-corrected chi connectivity index (χ4v) is 3.46. The molecule has 0 atom stereocenters. The van der Waals surface area contributed by atoms with Crippen molar-refractivity contribution >= 4 is 23.3 Å². The first-order chi connectivity index (χ1) is 14.2. The van der Waals surface area contributed by atoms with Gasteiger partial charge in [-0.25, -0.2) is 4.79 Å². The van der Waals surface area contributed by atoms with Crippen LogP contribution in [0.4, 0.5) is 16.2 Å². The number of hydrogen-bond acceptors (Lipinski definition) is 3. The van der Waals surface area contributed by atoms with Crippen molar-refractivity contribution in [2.24, 2.45) is 0 Å². The summed E-state index contributed by atoms with van der Waals surface area (Å²) in [5.41, 5.74) is 4.18. The van der Waals surface area contributed by atoms with Crippen LogP contribution in [0, 0.1) is 0 Å². The minimum atomic E-state index is -0.283. The van der Waals surface area contributed by atoms with Crippen molar-refractivity contribution in [3.05, 3.63) is 89.7 Å². The van der Waals surface area contributed by atoms with Crippen LogP contribution in [0.5, 0.6) is 0 Å². The zero-order valence-electron chi connectivity index (χ0n) is 16.0. The average Bonchev–Trinajstić information content (AvgIpc) is 2.78. The third kappa shape index (κ3) is 4.43. The first-order valence-corrected chi connectivity index (χ1v) is 9.64. The van der Waals surface area contributed by atoms with E-state index in [0.29, 0.717) is 24.3 Å². The molecule has 1 aromatic heterocycles. The summed E-state index contributed by atoms with van der Waals surface area (Å²) < 4.78 is 0. The molecule has 1 aliphatic heterocycles. The SMILES string of the molecule is O=C(NCc1ccccc1)Nc1ccc2c(c1)N(C(=O)c1cccnc1)CCC2. The minimum absolute atomic E-state index is 0.0790. The highest BCUT2D eigenvalue weighted by Crippen LogP contribution is 2.31. The van der Waals surface area contributed by atoms with E-state index in [-0.39, 0.29) is 11.9 Å². The second-order valence-electron chi connectivity index (χ2n) is 6.94. The molecule has 6 nitrogen and oxygen atoms in total. The molecular formula is C23H22N4O2. The monoisotopic (exact) mass is 386 g/mol. The van der Waals surface area contributed by atoms with Gasteiger partial charge < -0.3 is 15.5 Å². The number of urea groups is 1. The number of benzene rings is 2. The molecular weight excluding hydrogens is 364 g/mol. The summed E-state index contributed by atoms with van der Waals surface area (Å²) in [4.78, 5) is 31.0. The molecule has 0 radical (unpaired) electrons. The molecule has 3 aromatic rings. The number of rotatable bonds is 4. The van der Waals surface area contributed by atoms with Crippen LogP contribution in [-0.4, -0.2) is 23.5 Å². The van der Waals surface area contributed by atoms with Crippen LogP contribution in [0.15, 0.2) is 73.1 Å². The summed E-state index contributed by atoms with van der Waals surface area (Å²) in [7, 11) is 0. The van der Waals surface area contributed by atoms with Gasteiger partial charge in [0, 0.05) is 36.9 Å². The van der Waals surface area contributed by atoms with Gasteiger partial charge in [0.05, 0.1) is 5.56 Å². The smallest absolute Gasteiger partial charge is 0.319 e. The number of carbonyl (C=O) groups is 2. The molecule has 0 spiro atoms. The number of anilines is 2. The van der Waals surface area contributed by atoms with E-state index >= 15 is 0 Å². The number of carbonyl (C=O) groups excluding carboxylic acids is 2. The molecule has 146 valence electrons. The Morgan fingerprint density at radius 2 is 1.90 bits per heavy atom. The van der Waals surface area contributed by atoms with Crippen LogP contribution in [0.2, 0.25) is 0 Å². The lowest BCUT2D eigenvalue weighted by molar-refractivity contribution is 0.0985. The maximum absolute atomic E-state index is 12.9. The summed E-state index contributed by atoms with van der Waals surface area (Å²) in [5, 5.41) is 5.71. The van der Waals surface area contributed by atoms with Gasteiger partial charge in [0.1, 0.15) is 0 Å². The highest BCUT2D eigenvalue weighted by atomic mass is 16.2. The number of nitrogens with zero attached hydrogens (tertiary/aromatic N) is 2. The van der Waals surface area contributed by atoms with Gasteiger partial charge >= 0.3 is 6.03 Å². The van der Waals surface area contributed by atoms with E-state index < -0.39 is 0 Å². The maximum Gasteiger partial charge on any atom is 0.319 e. The van der Waals surface area contributed by atoms with Crippen molar-refractivity contribution in [3.63, 3.8) is 0 Å². The third-order valence-corrected chi connectivity index (χ3v) is 4.91. The molecule has 3 amide bonds. The predicted octanol–water partition coefficient (Wildman–Crippen LogP) is 4.00. The number of hydrogen-bond donors (Lipinski definition) is 2. The molecule has 2 heterocycles. The van der Waals surface area contributed by atoms with Crippen molar-refractivity contribution in [1.29, 1.82) is 0 Å². The summed E-state index contributed by atoms with van der Waals surface area (Å²) in [6.07, 6.45) is 5.04. The quantitative estimate of drug-likeness (QED) is 0.712. The Morgan fingerprint density at radius 3 is 2.69 bits per heavy atom. The highest BCUT2D eigenvalue weighted by Gasteiger charge is 2.24. The first kappa shape index (κ1) is 18.7. The Hall–Kier alpha value is -3.67. The van der Waals surface area contributed by atoms with E-state index in [2.05, 4.69) is 15.6 Å². The minimum Gasteiger partial charge on any atom is -0.334 e. The van der Waals surface area contributed by atoms with Crippen LogP contribution < -0.4 is 15.5 Å². The van der Waals surface area contributed by atoms with Gasteiger partial charge in [0.2, 0.25) is 0 Å². The molecule has 6 heteroatoms. The Bertz CT molecular complexity index is 1010. The fourth-order valence-electron chi connectivity index (χ4n) is 3.46. The van der Waals surface area contributed by atoms with Crippen LogP contribution >= 0.6 is 0 Å². The van der Waals surface area contributed by atoms with Gasteiger partial charge in [0.15, 0.2) is 0 Å².